The van der Waals surface area contributed by atoms with Gasteiger partial charge in [0.05, 0.1) is 22.0 Å². The van der Waals surface area contributed by atoms with Gasteiger partial charge in [0.25, 0.3) is 23.2 Å². The lowest BCUT2D eigenvalue weighted by Gasteiger charge is -2.14. The zero-order valence-corrected chi connectivity index (χ0v) is 16.8. The Hall–Kier alpha value is -4.60. The standard InChI is InChI=1S/C22H18N4O6/c1-14(15-5-3-2-4-6-15)23-21(27)16-7-9-17(10-8-16)24-22(28)19-12-11-18(25(29)30)13-20(19)26(31)32/h2-14H,1H3,(H,23,27)(H,24,28). The summed E-state index contributed by atoms with van der Waals surface area (Å²) < 4.78 is 0. The molecule has 0 aliphatic carbocycles. The summed E-state index contributed by atoms with van der Waals surface area (Å²) in [5, 5.41) is 27.4. The topological polar surface area (TPSA) is 144 Å². The Morgan fingerprint density at radius 1 is 0.844 bits per heavy atom. The van der Waals surface area contributed by atoms with Crippen molar-refractivity contribution >= 4 is 28.9 Å². The summed E-state index contributed by atoms with van der Waals surface area (Å²) in [6.07, 6.45) is 0. The van der Waals surface area contributed by atoms with E-state index in [0.29, 0.717) is 11.3 Å². The predicted octanol–water partition coefficient (Wildman–Crippen LogP) is 4.25. The number of nitro benzene ring substituents is 2. The fourth-order valence-electron chi connectivity index (χ4n) is 2.99. The number of rotatable bonds is 7. The first-order valence-electron chi connectivity index (χ1n) is 9.46. The first-order chi connectivity index (χ1) is 15.3. The second kappa shape index (κ2) is 9.47. The minimum Gasteiger partial charge on any atom is -0.346 e. The van der Waals surface area contributed by atoms with Crippen LogP contribution in [0.1, 0.15) is 39.2 Å². The molecule has 0 bridgehead atoms. The van der Waals surface area contributed by atoms with Crippen LogP contribution in [0.2, 0.25) is 0 Å². The molecule has 162 valence electrons. The smallest absolute Gasteiger partial charge is 0.289 e. The Balaban J connectivity index is 1.70. The van der Waals surface area contributed by atoms with Gasteiger partial charge in [0, 0.05) is 17.3 Å². The second-order valence-corrected chi connectivity index (χ2v) is 6.85. The lowest BCUT2D eigenvalue weighted by Crippen LogP contribution is -2.26. The number of benzene rings is 3. The van der Waals surface area contributed by atoms with Gasteiger partial charge in [-0.2, -0.15) is 0 Å². The van der Waals surface area contributed by atoms with Crippen LogP contribution >= 0.6 is 0 Å². The molecule has 3 aromatic rings. The van der Waals surface area contributed by atoms with E-state index in [-0.39, 0.29) is 17.5 Å². The molecule has 0 aliphatic rings. The number of non-ortho nitro benzene ring substituents is 1. The number of anilines is 1. The maximum absolute atomic E-state index is 12.5. The van der Waals surface area contributed by atoms with E-state index in [4.69, 9.17) is 0 Å². The van der Waals surface area contributed by atoms with Crippen molar-refractivity contribution in [3.8, 4) is 0 Å². The van der Waals surface area contributed by atoms with Gasteiger partial charge in [0.2, 0.25) is 0 Å². The Labute approximate surface area is 182 Å². The SMILES string of the molecule is CC(NC(=O)c1ccc(NC(=O)c2ccc([N+](=O)[O-])cc2[N+](=O)[O-])cc1)c1ccccc1. The van der Waals surface area contributed by atoms with Crippen molar-refractivity contribution in [3.05, 3.63) is 110 Å². The molecule has 2 amide bonds. The summed E-state index contributed by atoms with van der Waals surface area (Å²) in [7, 11) is 0. The molecule has 0 fully saturated rings. The van der Waals surface area contributed by atoms with Crippen molar-refractivity contribution in [2.75, 3.05) is 5.32 Å². The Kier molecular flexibility index (Phi) is 6.54. The zero-order valence-electron chi connectivity index (χ0n) is 16.8. The average Bonchev–Trinajstić information content (AvgIpc) is 2.79. The second-order valence-electron chi connectivity index (χ2n) is 6.85. The van der Waals surface area contributed by atoms with E-state index >= 15 is 0 Å². The van der Waals surface area contributed by atoms with Crippen LogP contribution < -0.4 is 10.6 Å². The third-order valence-electron chi connectivity index (χ3n) is 4.69. The van der Waals surface area contributed by atoms with Crippen LogP contribution in [-0.4, -0.2) is 21.7 Å². The van der Waals surface area contributed by atoms with Gasteiger partial charge in [-0.1, -0.05) is 30.3 Å². The largest absolute Gasteiger partial charge is 0.346 e. The normalized spacial score (nSPS) is 11.3. The minimum absolute atomic E-state index is 0.203. The summed E-state index contributed by atoms with van der Waals surface area (Å²) in [6.45, 7) is 1.86. The molecule has 0 spiro atoms. The van der Waals surface area contributed by atoms with Crippen molar-refractivity contribution in [2.45, 2.75) is 13.0 Å². The van der Waals surface area contributed by atoms with Crippen LogP contribution in [-0.2, 0) is 0 Å². The van der Waals surface area contributed by atoms with Crippen molar-refractivity contribution in [1.29, 1.82) is 0 Å². The molecule has 0 aromatic heterocycles. The number of carbonyl (C=O) groups excluding carboxylic acids is 2. The lowest BCUT2D eigenvalue weighted by molar-refractivity contribution is -0.394. The monoisotopic (exact) mass is 434 g/mol. The molecule has 0 aliphatic heterocycles. The van der Waals surface area contributed by atoms with Gasteiger partial charge in [-0.05, 0) is 42.8 Å². The Morgan fingerprint density at radius 3 is 2.09 bits per heavy atom. The van der Waals surface area contributed by atoms with Crippen LogP contribution in [0.5, 0.6) is 0 Å². The first-order valence-corrected chi connectivity index (χ1v) is 9.46. The van der Waals surface area contributed by atoms with E-state index < -0.39 is 27.1 Å². The van der Waals surface area contributed by atoms with Crippen molar-refractivity contribution in [1.82, 2.24) is 5.32 Å². The third kappa shape index (κ3) is 5.11. The highest BCUT2D eigenvalue weighted by atomic mass is 16.6. The van der Waals surface area contributed by atoms with Crippen LogP contribution in [0.15, 0.2) is 72.8 Å². The van der Waals surface area contributed by atoms with E-state index in [0.717, 1.165) is 23.8 Å². The molecule has 3 aromatic carbocycles. The molecule has 1 unspecified atom stereocenters. The maximum Gasteiger partial charge on any atom is 0.289 e. The molecule has 2 N–H and O–H groups in total. The summed E-state index contributed by atoms with van der Waals surface area (Å²) in [5.74, 6) is -1.10. The van der Waals surface area contributed by atoms with Gasteiger partial charge in [0.15, 0.2) is 0 Å². The molecule has 1 atom stereocenters. The minimum atomic E-state index is -0.858. The van der Waals surface area contributed by atoms with E-state index in [9.17, 15) is 29.8 Å². The summed E-state index contributed by atoms with van der Waals surface area (Å²) in [6, 6.07) is 18.0. The third-order valence-corrected chi connectivity index (χ3v) is 4.69. The van der Waals surface area contributed by atoms with Crippen molar-refractivity contribution in [2.24, 2.45) is 0 Å². The molecule has 0 heterocycles. The molecular formula is C22H18N4O6. The lowest BCUT2D eigenvalue weighted by atomic mass is 10.1. The van der Waals surface area contributed by atoms with Crippen LogP contribution in [0.3, 0.4) is 0 Å². The van der Waals surface area contributed by atoms with Gasteiger partial charge in [-0.15, -0.1) is 0 Å². The Bertz CT molecular complexity index is 1180. The number of nitrogens with zero attached hydrogens (tertiary/aromatic N) is 2. The molecule has 0 saturated carbocycles. The highest BCUT2D eigenvalue weighted by molar-refractivity contribution is 6.07. The van der Waals surface area contributed by atoms with Gasteiger partial charge >= 0.3 is 0 Å². The molecular weight excluding hydrogens is 416 g/mol. The molecule has 10 nitrogen and oxygen atoms in total. The zero-order chi connectivity index (χ0) is 23.3. The fraction of sp³-hybridized carbons (Fsp3) is 0.0909. The van der Waals surface area contributed by atoms with E-state index in [1.54, 1.807) is 0 Å². The van der Waals surface area contributed by atoms with E-state index in [2.05, 4.69) is 10.6 Å². The van der Waals surface area contributed by atoms with E-state index in [1.807, 2.05) is 37.3 Å². The molecule has 32 heavy (non-hydrogen) atoms. The molecule has 0 saturated heterocycles. The summed E-state index contributed by atoms with van der Waals surface area (Å²) in [5.41, 5.74) is 0.131. The first kappa shape index (κ1) is 22.1. The number of carbonyl (C=O) groups is 2. The Morgan fingerprint density at radius 2 is 1.50 bits per heavy atom. The quantitative estimate of drug-likeness (QED) is 0.420. The predicted molar refractivity (Wildman–Crippen MR) is 116 cm³/mol. The molecule has 3 rings (SSSR count). The number of nitro groups is 2. The number of amides is 2. The van der Waals surface area contributed by atoms with Crippen molar-refractivity contribution < 1.29 is 19.4 Å². The van der Waals surface area contributed by atoms with E-state index in [1.165, 1.54) is 24.3 Å². The molecule has 0 radical (unpaired) electrons. The molecule has 10 heteroatoms. The van der Waals surface area contributed by atoms with Gasteiger partial charge in [-0.25, -0.2) is 0 Å². The van der Waals surface area contributed by atoms with Crippen LogP contribution in [0, 0.1) is 20.2 Å². The van der Waals surface area contributed by atoms with Gasteiger partial charge in [0.1, 0.15) is 5.56 Å². The summed E-state index contributed by atoms with van der Waals surface area (Å²) >= 11 is 0. The summed E-state index contributed by atoms with van der Waals surface area (Å²) in [4.78, 5) is 45.4. The highest BCUT2D eigenvalue weighted by Gasteiger charge is 2.24. The van der Waals surface area contributed by atoms with Crippen LogP contribution in [0.25, 0.3) is 0 Å². The number of hydrogen-bond donors (Lipinski definition) is 2. The van der Waals surface area contributed by atoms with Gasteiger partial charge < -0.3 is 10.6 Å². The fourth-order valence-corrected chi connectivity index (χ4v) is 2.99. The number of nitrogens with one attached hydrogen (secondary N) is 2. The van der Waals surface area contributed by atoms with Crippen LogP contribution in [0.4, 0.5) is 17.1 Å². The number of hydrogen-bond acceptors (Lipinski definition) is 6. The average molecular weight is 434 g/mol. The maximum atomic E-state index is 12.5. The highest BCUT2D eigenvalue weighted by Crippen LogP contribution is 2.25. The van der Waals surface area contributed by atoms with Gasteiger partial charge in [-0.3, -0.25) is 29.8 Å². The van der Waals surface area contributed by atoms with Crippen molar-refractivity contribution in [3.63, 3.8) is 0 Å².